The average Bonchev–Trinajstić information content (AvgIpc) is 3.44. The predicted octanol–water partition coefficient (Wildman–Crippen LogP) is 2.32. The summed E-state index contributed by atoms with van der Waals surface area (Å²) in [6.45, 7) is 1.38. The molecule has 1 aliphatic rings. The molecule has 1 heterocycles. The fourth-order valence-electron chi connectivity index (χ4n) is 2.12. The molecule has 3 rings (SSSR count). The first kappa shape index (κ1) is 16.2. The minimum absolute atomic E-state index is 0.0135. The molecular formula is C19H18O5. The highest BCUT2D eigenvalue weighted by Crippen LogP contribution is 2.16. The van der Waals surface area contributed by atoms with E-state index in [4.69, 9.17) is 14.2 Å². The topological polar surface area (TPSA) is 65.1 Å². The number of benzene rings is 2. The molecule has 5 nitrogen and oxygen atoms in total. The number of hydrogen-bond donors (Lipinski definition) is 0. The molecular weight excluding hydrogens is 308 g/mol. The van der Waals surface area contributed by atoms with Gasteiger partial charge in [-0.3, -0.25) is 4.79 Å². The molecule has 1 saturated heterocycles. The largest absolute Gasteiger partial charge is 0.491 e. The molecule has 1 aliphatic heterocycles. The first-order valence-electron chi connectivity index (χ1n) is 7.78. The zero-order valence-electron chi connectivity index (χ0n) is 13.1. The third kappa shape index (κ3) is 4.93. The highest BCUT2D eigenvalue weighted by Gasteiger charge is 2.23. The maximum Gasteiger partial charge on any atom is 0.375 e. The Morgan fingerprint density at radius 1 is 1.00 bits per heavy atom. The quantitative estimate of drug-likeness (QED) is 0.423. The molecule has 2 aromatic carbocycles. The Labute approximate surface area is 140 Å². The Balaban J connectivity index is 1.45. The number of hydrogen-bond acceptors (Lipinski definition) is 5. The van der Waals surface area contributed by atoms with Crippen molar-refractivity contribution >= 4 is 11.8 Å². The molecule has 0 spiro atoms. The molecule has 5 heteroatoms. The monoisotopic (exact) mass is 326 g/mol. The Hall–Kier alpha value is -2.66. The number of esters is 1. The van der Waals surface area contributed by atoms with Crippen molar-refractivity contribution in [1.82, 2.24) is 0 Å². The van der Waals surface area contributed by atoms with Crippen molar-refractivity contribution in [3.8, 4) is 5.75 Å². The molecule has 124 valence electrons. The predicted molar refractivity (Wildman–Crippen MR) is 86.6 cm³/mol. The van der Waals surface area contributed by atoms with Crippen LogP contribution in [0.3, 0.4) is 0 Å². The fraction of sp³-hybridized carbons (Fsp3) is 0.263. The summed E-state index contributed by atoms with van der Waals surface area (Å²) < 4.78 is 15.6. The van der Waals surface area contributed by atoms with Crippen LogP contribution in [-0.2, 0) is 32.1 Å². The third-order valence-electron chi connectivity index (χ3n) is 3.57. The highest BCUT2D eigenvalue weighted by molar-refractivity contribution is 6.34. The van der Waals surface area contributed by atoms with E-state index in [1.807, 2.05) is 30.3 Å². The van der Waals surface area contributed by atoms with Crippen LogP contribution in [0.25, 0.3) is 0 Å². The smallest absolute Gasteiger partial charge is 0.375 e. The van der Waals surface area contributed by atoms with Gasteiger partial charge in [0.2, 0.25) is 5.78 Å². The second kappa shape index (κ2) is 7.75. The number of ether oxygens (including phenoxy) is 3. The summed E-state index contributed by atoms with van der Waals surface area (Å²) in [6.07, 6.45) is 0.213. The van der Waals surface area contributed by atoms with E-state index in [0.717, 1.165) is 17.7 Å². The van der Waals surface area contributed by atoms with Crippen LogP contribution < -0.4 is 4.74 Å². The summed E-state index contributed by atoms with van der Waals surface area (Å²) in [5.74, 6) is -0.663. The lowest BCUT2D eigenvalue weighted by Crippen LogP contribution is -2.19. The van der Waals surface area contributed by atoms with E-state index in [9.17, 15) is 9.59 Å². The van der Waals surface area contributed by atoms with Gasteiger partial charge in [-0.2, -0.15) is 0 Å². The van der Waals surface area contributed by atoms with Crippen LogP contribution in [0.2, 0.25) is 0 Å². The maximum atomic E-state index is 11.9. The standard InChI is InChI=1S/C19H18O5/c20-18(19(21)24-11-15-4-2-1-3-5-15)10-14-6-8-16(9-7-14)22-12-17-13-23-17/h1-9,17H,10-13H2. The first-order valence-corrected chi connectivity index (χ1v) is 7.78. The normalized spacial score (nSPS) is 15.6. The van der Waals surface area contributed by atoms with Crippen LogP contribution >= 0.6 is 0 Å². The minimum Gasteiger partial charge on any atom is -0.491 e. The van der Waals surface area contributed by atoms with Gasteiger partial charge in [-0.25, -0.2) is 4.79 Å². The Morgan fingerprint density at radius 2 is 1.71 bits per heavy atom. The molecule has 0 aromatic heterocycles. The number of ketones is 1. The Kier molecular flexibility index (Phi) is 5.23. The van der Waals surface area contributed by atoms with Crippen LogP contribution in [0.15, 0.2) is 54.6 Å². The number of rotatable bonds is 8. The van der Waals surface area contributed by atoms with Crippen LogP contribution in [0.1, 0.15) is 11.1 Å². The van der Waals surface area contributed by atoms with Gasteiger partial charge in [-0.05, 0) is 23.3 Å². The number of carbonyl (C=O) groups excluding carboxylic acids is 2. The van der Waals surface area contributed by atoms with Gasteiger partial charge in [0.25, 0.3) is 0 Å². The molecule has 1 unspecified atom stereocenters. The van der Waals surface area contributed by atoms with E-state index in [1.54, 1.807) is 24.3 Å². The van der Waals surface area contributed by atoms with Crippen molar-refractivity contribution in [2.75, 3.05) is 13.2 Å². The van der Waals surface area contributed by atoms with E-state index in [-0.39, 0.29) is 19.1 Å². The minimum atomic E-state index is -0.815. The Bertz CT molecular complexity index is 689. The number of epoxide rings is 1. The lowest BCUT2D eigenvalue weighted by atomic mass is 10.1. The van der Waals surface area contributed by atoms with Crippen molar-refractivity contribution < 1.29 is 23.8 Å². The number of carbonyl (C=O) groups is 2. The summed E-state index contributed by atoms with van der Waals surface area (Å²) in [7, 11) is 0. The molecule has 0 aliphatic carbocycles. The SMILES string of the molecule is O=C(Cc1ccc(OCC2CO2)cc1)C(=O)OCc1ccccc1. The average molecular weight is 326 g/mol. The summed E-state index contributed by atoms with van der Waals surface area (Å²) in [4.78, 5) is 23.7. The summed E-state index contributed by atoms with van der Waals surface area (Å²) >= 11 is 0. The summed E-state index contributed by atoms with van der Waals surface area (Å²) in [5, 5.41) is 0. The van der Waals surface area contributed by atoms with Crippen molar-refractivity contribution in [2.45, 2.75) is 19.1 Å². The van der Waals surface area contributed by atoms with E-state index in [2.05, 4.69) is 0 Å². The second-order valence-electron chi connectivity index (χ2n) is 5.57. The molecule has 0 saturated carbocycles. The zero-order chi connectivity index (χ0) is 16.8. The van der Waals surface area contributed by atoms with Gasteiger partial charge < -0.3 is 14.2 Å². The van der Waals surface area contributed by atoms with Gasteiger partial charge in [0.15, 0.2) is 0 Å². The van der Waals surface area contributed by atoms with Crippen molar-refractivity contribution in [2.24, 2.45) is 0 Å². The van der Waals surface area contributed by atoms with Gasteiger partial charge in [0.1, 0.15) is 25.1 Å². The van der Waals surface area contributed by atoms with Crippen LogP contribution in [0.5, 0.6) is 5.75 Å². The molecule has 0 radical (unpaired) electrons. The Morgan fingerprint density at radius 3 is 2.38 bits per heavy atom. The molecule has 1 fully saturated rings. The lowest BCUT2D eigenvalue weighted by Gasteiger charge is -2.06. The highest BCUT2D eigenvalue weighted by atomic mass is 16.6. The van der Waals surface area contributed by atoms with Crippen molar-refractivity contribution in [3.63, 3.8) is 0 Å². The third-order valence-corrected chi connectivity index (χ3v) is 3.57. The molecule has 24 heavy (non-hydrogen) atoms. The van der Waals surface area contributed by atoms with Gasteiger partial charge in [-0.15, -0.1) is 0 Å². The lowest BCUT2D eigenvalue weighted by molar-refractivity contribution is -0.154. The maximum absolute atomic E-state index is 11.9. The number of Topliss-reactive ketones (excluding diaryl/α,β-unsaturated/α-hetero) is 1. The zero-order valence-corrected chi connectivity index (χ0v) is 13.1. The van der Waals surface area contributed by atoms with E-state index < -0.39 is 11.8 Å². The summed E-state index contributed by atoms with van der Waals surface area (Å²) in [6, 6.07) is 16.3. The van der Waals surface area contributed by atoms with Gasteiger partial charge in [-0.1, -0.05) is 42.5 Å². The van der Waals surface area contributed by atoms with E-state index >= 15 is 0 Å². The van der Waals surface area contributed by atoms with Gasteiger partial charge >= 0.3 is 5.97 Å². The van der Waals surface area contributed by atoms with E-state index in [0.29, 0.717) is 12.4 Å². The molecule has 2 aromatic rings. The fourth-order valence-corrected chi connectivity index (χ4v) is 2.12. The first-order chi connectivity index (χ1) is 11.7. The van der Waals surface area contributed by atoms with Crippen molar-refractivity contribution in [3.05, 3.63) is 65.7 Å². The molecule has 0 N–H and O–H groups in total. The molecule has 0 amide bonds. The molecule has 1 atom stereocenters. The van der Waals surface area contributed by atoms with Crippen LogP contribution in [0, 0.1) is 0 Å². The van der Waals surface area contributed by atoms with Crippen LogP contribution in [-0.4, -0.2) is 31.1 Å². The van der Waals surface area contributed by atoms with Crippen molar-refractivity contribution in [1.29, 1.82) is 0 Å². The van der Waals surface area contributed by atoms with Gasteiger partial charge in [0, 0.05) is 6.42 Å². The second-order valence-corrected chi connectivity index (χ2v) is 5.57. The van der Waals surface area contributed by atoms with Gasteiger partial charge in [0.05, 0.1) is 6.61 Å². The van der Waals surface area contributed by atoms with E-state index in [1.165, 1.54) is 0 Å². The summed E-state index contributed by atoms with van der Waals surface area (Å²) in [5.41, 5.74) is 1.59. The van der Waals surface area contributed by atoms with Crippen LogP contribution in [0.4, 0.5) is 0 Å². The molecule has 0 bridgehead atoms.